The molecule has 5 nitrogen and oxygen atoms in total. The number of anilines is 1. The Morgan fingerprint density at radius 3 is 2.65 bits per heavy atom. The lowest BCUT2D eigenvalue weighted by molar-refractivity contribution is -0.141. The van der Waals surface area contributed by atoms with Gasteiger partial charge >= 0.3 is 6.18 Å². The third kappa shape index (κ3) is 5.51. The van der Waals surface area contributed by atoms with E-state index in [1.54, 1.807) is 0 Å². The molecule has 0 aliphatic heterocycles. The van der Waals surface area contributed by atoms with E-state index in [1.807, 2.05) is 6.92 Å². The van der Waals surface area contributed by atoms with Gasteiger partial charge in [0.25, 0.3) is 0 Å². The molecule has 0 aliphatic rings. The van der Waals surface area contributed by atoms with Gasteiger partial charge < -0.3 is 15.5 Å². The molecule has 0 saturated carbocycles. The Morgan fingerprint density at radius 2 is 2.10 bits per heavy atom. The Morgan fingerprint density at radius 1 is 1.40 bits per heavy atom. The molecule has 114 valence electrons. The highest BCUT2D eigenvalue weighted by Gasteiger charge is 2.33. The minimum atomic E-state index is -4.56. The molecule has 1 rings (SSSR count). The summed E-state index contributed by atoms with van der Waals surface area (Å²) >= 11 is 0.930. The van der Waals surface area contributed by atoms with Crippen molar-refractivity contribution in [3.8, 4) is 0 Å². The molecule has 1 aromatic rings. The van der Waals surface area contributed by atoms with Crippen LogP contribution in [0.2, 0.25) is 0 Å². The van der Waals surface area contributed by atoms with Crippen molar-refractivity contribution in [3.63, 3.8) is 0 Å². The van der Waals surface area contributed by atoms with E-state index >= 15 is 0 Å². The first kappa shape index (κ1) is 17.0. The van der Waals surface area contributed by atoms with Gasteiger partial charge in [0.1, 0.15) is 5.03 Å². The zero-order valence-electron chi connectivity index (χ0n) is 10.8. The van der Waals surface area contributed by atoms with Crippen LogP contribution in [0.4, 0.5) is 19.1 Å². The molecule has 1 atom stereocenters. The zero-order valence-corrected chi connectivity index (χ0v) is 11.6. The topological polar surface area (TPSA) is 78.3 Å². The maximum atomic E-state index is 12.7. The maximum absolute atomic E-state index is 12.7. The summed E-state index contributed by atoms with van der Waals surface area (Å²) in [5.41, 5.74) is -1.04. The van der Waals surface area contributed by atoms with E-state index < -0.39 is 24.6 Å². The number of alkyl halides is 3. The first-order valence-electron chi connectivity index (χ1n) is 5.98. The van der Waals surface area contributed by atoms with Crippen molar-refractivity contribution in [2.45, 2.75) is 30.7 Å². The molecule has 20 heavy (non-hydrogen) atoms. The fraction of sp³-hybridized carbons (Fsp3) is 0.636. The molecule has 0 saturated heterocycles. The third-order valence-corrected chi connectivity index (χ3v) is 3.22. The molecule has 1 aromatic heterocycles. The molecule has 0 fully saturated rings. The monoisotopic (exact) mass is 311 g/mol. The average molecular weight is 311 g/mol. The molecule has 9 heteroatoms. The van der Waals surface area contributed by atoms with E-state index in [1.165, 1.54) is 0 Å². The second kappa shape index (κ2) is 7.65. The molecular weight excluding hydrogens is 295 g/mol. The largest absolute Gasteiger partial charge is 0.433 e. The molecule has 0 bridgehead atoms. The normalized spacial score (nSPS) is 13.3. The van der Waals surface area contributed by atoms with E-state index in [9.17, 15) is 18.3 Å². The van der Waals surface area contributed by atoms with Gasteiger partial charge in [0.05, 0.1) is 12.7 Å². The number of halogens is 3. The number of thioether (sulfide) groups is 1. The SMILES string of the molecule is CCCNc1nc(SCC(O)CO)cc(C(F)(F)F)n1. The predicted octanol–water partition coefficient (Wildman–Crippen LogP) is 1.76. The average Bonchev–Trinajstić information content (AvgIpc) is 2.41. The molecule has 1 heterocycles. The van der Waals surface area contributed by atoms with E-state index in [0.717, 1.165) is 24.2 Å². The van der Waals surface area contributed by atoms with Crippen molar-refractivity contribution in [2.75, 3.05) is 24.2 Å². The van der Waals surface area contributed by atoms with Gasteiger partial charge in [-0.3, -0.25) is 0 Å². The molecule has 0 radical (unpaired) electrons. The fourth-order valence-corrected chi connectivity index (χ4v) is 2.01. The van der Waals surface area contributed by atoms with Gasteiger partial charge in [0.15, 0.2) is 5.69 Å². The number of hydrogen-bond acceptors (Lipinski definition) is 6. The highest BCUT2D eigenvalue weighted by molar-refractivity contribution is 7.99. The first-order chi connectivity index (χ1) is 9.36. The number of aliphatic hydroxyl groups excluding tert-OH is 2. The number of nitrogens with one attached hydrogen (secondary N) is 1. The highest BCUT2D eigenvalue weighted by Crippen LogP contribution is 2.30. The summed E-state index contributed by atoms with van der Waals surface area (Å²) in [6.45, 7) is 1.88. The quantitative estimate of drug-likeness (QED) is 0.526. The first-order valence-corrected chi connectivity index (χ1v) is 6.97. The second-order valence-corrected chi connectivity index (χ2v) is 5.03. The zero-order chi connectivity index (χ0) is 15.2. The van der Waals surface area contributed by atoms with Crippen LogP contribution >= 0.6 is 11.8 Å². The molecule has 1 unspecified atom stereocenters. The molecule has 0 spiro atoms. The van der Waals surface area contributed by atoms with Crippen molar-refractivity contribution >= 4 is 17.7 Å². The molecule has 0 aromatic carbocycles. The number of nitrogens with zero attached hydrogens (tertiary/aromatic N) is 2. The Kier molecular flexibility index (Phi) is 6.50. The van der Waals surface area contributed by atoms with Crippen LogP contribution in [-0.2, 0) is 6.18 Å². The molecule has 0 amide bonds. The lowest BCUT2D eigenvalue weighted by Crippen LogP contribution is -2.16. The number of aliphatic hydroxyl groups is 2. The van der Waals surface area contributed by atoms with Crippen LogP contribution in [0.25, 0.3) is 0 Å². The number of rotatable bonds is 7. The predicted molar refractivity (Wildman–Crippen MR) is 69.6 cm³/mol. The van der Waals surface area contributed by atoms with Crippen molar-refractivity contribution in [1.82, 2.24) is 9.97 Å². The van der Waals surface area contributed by atoms with Crippen molar-refractivity contribution in [3.05, 3.63) is 11.8 Å². The van der Waals surface area contributed by atoms with Crippen molar-refractivity contribution < 1.29 is 23.4 Å². The summed E-state index contributed by atoms with van der Waals surface area (Å²) in [5, 5.41) is 20.7. The summed E-state index contributed by atoms with van der Waals surface area (Å²) in [6.07, 6.45) is -4.83. The molecule has 0 aliphatic carbocycles. The Balaban J connectivity index is 2.91. The summed E-state index contributed by atoms with van der Waals surface area (Å²) in [4.78, 5) is 7.36. The summed E-state index contributed by atoms with van der Waals surface area (Å²) in [7, 11) is 0. The Bertz CT molecular complexity index is 432. The van der Waals surface area contributed by atoms with Crippen LogP contribution in [0.5, 0.6) is 0 Å². The van der Waals surface area contributed by atoms with Crippen molar-refractivity contribution in [2.24, 2.45) is 0 Å². The van der Waals surface area contributed by atoms with Crippen LogP contribution < -0.4 is 5.32 Å². The molecular formula is C11H16F3N3O2S. The second-order valence-electron chi connectivity index (χ2n) is 3.99. The standard InChI is InChI=1S/C11H16F3N3O2S/c1-2-3-15-10-16-8(11(12,13)14)4-9(17-10)20-6-7(19)5-18/h4,7,18-19H,2-3,5-6H2,1H3,(H,15,16,17). The van der Waals surface area contributed by atoms with Gasteiger partial charge in [-0.25, -0.2) is 9.97 Å². The van der Waals surface area contributed by atoms with E-state index in [4.69, 9.17) is 5.11 Å². The van der Waals surface area contributed by atoms with Crippen LogP contribution in [0.15, 0.2) is 11.1 Å². The smallest absolute Gasteiger partial charge is 0.394 e. The van der Waals surface area contributed by atoms with E-state index in [-0.39, 0.29) is 16.7 Å². The van der Waals surface area contributed by atoms with Crippen LogP contribution in [0, 0.1) is 0 Å². The van der Waals surface area contributed by atoms with Gasteiger partial charge in [-0.05, 0) is 6.42 Å². The molecule has 3 N–H and O–H groups in total. The summed E-state index contributed by atoms with van der Waals surface area (Å²) < 4.78 is 38.2. The van der Waals surface area contributed by atoms with Crippen LogP contribution in [0.3, 0.4) is 0 Å². The minimum Gasteiger partial charge on any atom is -0.394 e. The number of aromatic nitrogens is 2. The van der Waals surface area contributed by atoms with Crippen LogP contribution in [0.1, 0.15) is 19.0 Å². The lowest BCUT2D eigenvalue weighted by atomic mass is 10.4. The number of hydrogen-bond donors (Lipinski definition) is 3. The van der Waals surface area contributed by atoms with Gasteiger partial charge in [-0.1, -0.05) is 6.92 Å². The van der Waals surface area contributed by atoms with Gasteiger partial charge in [-0.2, -0.15) is 13.2 Å². The third-order valence-electron chi connectivity index (χ3n) is 2.16. The lowest BCUT2D eigenvalue weighted by Gasteiger charge is -2.12. The summed E-state index contributed by atoms with van der Waals surface area (Å²) in [6, 6.07) is 0.825. The summed E-state index contributed by atoms with van der Waals surface area (Å²) in [5.74, 6) is -0.0412. The van der Waals surface area contributed by atoms with E-state index in [2.05, 4.69) is 15.3 Å². The van der Waals surface area contributed by atoms with Crippen LogP contribution in [-0.4, -0.2) is 45.2 Å². The maximum Gasteiger partial charge on any atom is 0.433 e. The minimum absolute atomic E-state index is 0.0536. The Labute approximate surface area is 118 Å². The van der Waals surface area contributed by atoms with E-state index in [0.29, 0.717) is 6.54 Å². The van der Waals surface area contributed by atoms with Crippen molar-refractivity contribution in [1.29, 1.82) is 0 Å². The van der Waals surface area contributed by atoms with Gasteiger partial charge in [-0.15, -0.1) is 11.8 Å². The van der Waals surface area contributed by atoms with Gasteiger partial charge in [0, 0.05) is 18.4 Å². The fourth-order valence-electron chi connectivity index (χ4n) is 1.19. The Hall–Kier alpha value is -1.06. The van der Waals surface area contributed by atoms with Gasteiger partial charge in [0.2, 0.25) is 5.95 Å². The highest BCUT2D eigenvalue weighted by atomic mass is 32.2.